The largest absolute Gasteiger partial charge is 0.326 e. The van der Waals surface area contributed by atoms with Crippen LogP contribution in [0.1, 0.15) is 32.6 Å². The molecule has 2 bridgehead atoms. The molecule has 4 unspecified atom stereocenters. The number of nitrogens with one attached hydrogen (secondary N) is 2. The predicted octanol–water partition coefficient (Wildman–Crippen LogP) is 2.95. The van der Waals surface area contributed by atoms with Crippen molar-refractivity contribution in [1.29, 1.82) is 0 Å². The number of hydrogen-bond acceptors (Lipinski definition) is 3. The number of hydrogen-bond donors (Lipinski definition) is 2. The van der Waals surface area contributed by atoms with E-state index in [1.807, 2.05) is 18.2 Å². The molecule has 3 aliphatic rings. The highest BCUT2D eigenvalue weighted by Crippen LogP contribution is 2.55. The van der Waals surface area contributed by atoms with Gasteiger partial charge in [-0.1, -0.05) is 6.07 Å². The molecule has 134 valence electrons. The van der Waals surface area contributed by atoms with Gasteiger partial charge in [0.1, 0.15) is 0 Å². The highest BCUT2D eigenvalue weighted by Gasteiger charge is 2.51. The molecule has 4 rings (SSSR count). The Kier molecular flexibility index (Phi) is 4.50. The van der Waals surface area contributed by atoms with Crippen LogP contribution in [0.3, 0.4) is 0 Å². The number of rotatable bonds is 5. The van der Waals surface area contributed by atoms with E-state index < -0.39 is 0 Å². The quantitative estimate of drug-likeness (QED) is 0.865. The van der Waals surface area contributed by atoms with Crippen molar-refractivity contribution in [2.24, 2.45) is 23.7 Å². The molecular weight excluding hydrogens is 314 g/mol. The van der Waals surface area contributed by atoms with Crippen molar-refractivity contribution < 1.29 is 9.59 Å². The van der Waals surface area contributed by atoms with E-state index in [-0.39, 0.29) is 11.8 Å². The van der Waals surface area contributed by atoms with Gasteiger partial charge in [0, 0.05) is 44.4 Å². The van der Waals surface area contributed by atoms with E-state index in [0.717, 1.165) is 35.9 Å². The summed E-state index contributed by atoms with van der Waals surface area (Å²) in [6.07, 6.45) is 4.86. The zero-order valence-corrected chi connectivity index (χ0v) is 14.8. The highest BCUT2D eigenvalue weighted by atomic mass is 16.2. The molecule has 0 radical (unpaired) electrons. The van der Waals surface area contributed by atoms with Crippen LogP contribution in [0.25, 0.3) is 0 Å². The lowest BCUT2D eigenvalue weighted by atomic mass is 9.82. The molecule has 3 fully saturated rings. The minimum Gasteiger partial charge on any atom is -0.326 e. The Hall–Kier alpha value is -1.88. The van der Waals surface area contributed by atoms with Gasteiger partial charge in [0.05, 0.1) is 0 Å². The standard InChI is InChI=1S/C20H27N3O2/c1-13(24)21-16-3-2-4-17(10-16)22-20(25)7-8-23-11-18-14-5-6-15(9-14)19(18)12-23/h2-4,10,14-15,18-19H,5-9,11-12H2,1H3,(H,21,24)(H,22,25). The van der Waals surface area contributed by atoms with Crippen LogP contribution in [0.2, 0.25) is 0 Å². The molecule has 1 saturated heterocycles. The number of carbonyl (C=O) groups is 2. The zero-order valence-electron chi connectivity index (χ0n) is 14.8. The van der Waals surface area contributed by atoms with Gasteiger partial charge in [0.15, 0.2) is 0 Å². The van der Waals surface area contributed by atoms with Gasteiger partial charge in [-0.05, 0) is 61.1 Å². The third kappa shape index (κ3) is 3.56. The highest BCUT2D eigenvalue weighted by molar-refractivity contribution is 5.93. The van der Waals surface area contributed by atoms with Crippen LogP contribution in [-0.4, -0.2) is 36.3 Å². The van der Waals surface area contributed by atoms with E-state index in [1.54, 1.807) is 6.07 Å². The maximum atomic E-state index is 12.3. The summed E-state index contributed by atoms with van der Waals surface area (Å²) in [5.74, 6) is 3.65. The van der Waals surface area contributed by atoms with Crippen molar-refractivity contribution in [3.63, 3.8) is 0 Å². The number of anilines is 2. The Balaban J connectivity index is 1.25. The maximum absolute atomic E-state index is 12.3. The van der Waals surface area contributed by atoms with Crippen molar-refractivity contribution >= 4 is 23.2 Å². The fourth-order valence-electron chi connectivity index (χ4n) is 5.31. The summed E-state index contributed by atoms with van der Waals surface area (Å²) in [5, 5.41) is 5.68. The van der Waals surface area contributed by atoms with Gasteiger partial charge < -0.3 is 15.5 Å². The van der Waals surface area contributed by atoms with E-state index in [2.05, 4.69) is 15.5 Å². The molecule has 1 heterocycles. The van der Waals surface area contributed by atoms with Crippen molar-refractivity contribution in [2.45, 2.75) is 32.6 Å². The average Bonchev–Trinajstić information content (AvgIpc) is 3.25. The zero-order chi connectivity index (χ0) is 17.4. The van der Waals surface area contributed by atoms with Crippen molar-refractivity contribution in [1.82, 2.24) is 4.90 Å². The van der Waals surface area contributed by atoms with Crippen LogP contribution in [0.4, 0.5) is 11.4 Å². The molecule has 0 aromatic heterocycles. The van der Waals surface area contributed by atoms with Crippen LogP contribution in [-0.2, 0) is 9.59 Å². The molecule has 2 N–H and O–H groups in total. The van der Waals surface area contributed by atoms with Crippen molar-refractivity contribution in [2.75, 3.05) is 30.3 Å². The van der Waals surface area contributed by atoms with Crippen LogP contribution in [0.5, 0.6) is 0 Å². The van der Waals surface area contributed by atoms with E-state index in [9.17, 15) is 9.59 Å². The molecule has 25 heavy (non-hydrogen) atoms. The van der Waals surface area contributed by atoms with Gasteiger partial charge >= 0.3 is 0 Å². The lowest BCUT2D eigenvalue weighted by molar-refractivity contribution is -0.116. The first-order valence-corrected chi connectivity index (χ1v) is 9.48. The Morgan fingerprint density at radius 3 is 2.36 bits per heavy atom. The molecule has 1 aromatic rings. The van der Waals surface area contributed by atoms with Gasteiger partial charge in [-0.3, -0.25) is 9.59 Å². The summed E-state index contributed by atoms with van der Waals surface area (Å²) in [6.45, 7) is 4.71. The van der Waals surface area contributed by atoms with Gasteiger partial charge in [-0.2, -0.15) is 0 Å². The summed E-state index contributed by atoms with van der Waals surface area (Å²) in [6, 6.07) is 7.28. The Bertz CT molecular complexity index is 657. The minimum absolute atomic E-state index is 0.0417. The number of fused-ring (bicyclic) bond motifs is 5. The summed E-state index contributed by atoms with van der Waals surface area (Å²) >= 11 is 0. The molecular formula is C20H27N3O2. The third-order valence-corrected chi connectivity index (χ3v) is 6.33. The first-order valence-electron chi connectivity index (χ1n) is 9.48. The second kappa shape index (κ2) is 6.79. The van der Waals surface area contributed by atoms with Crippen molar-refractivity contribution in [3.05, 3.63) is 24.3 Å². The van der Waals surface area contributed by atoms with Crippen molar-refractivity contribution in [3.8, 4) is 0 Å². The normalized spacial score (nSPS) is 30.3. The third-order valence-electron chi connectivity index (χ3n) is 6.33. The van der Waals surface area contributed by atoms with Gasteiger partial charge in [-0.25, -0.2) is 0 Å². The number of nitrogens with zero attached hydrogens (tertiary/aromatic N) is 1. The Morgan fingerprint density at radius 2 is 1.72 bits per heavy atom. The second-order valence-corrected chi connectivity index (χ2v) is 7.98. The van der Waals surface area contributed by atoms with E-state index >= 15 is 0 Å². The number of benzene rings is 1. The summed E-state index contributed by atoms with van der Waals surface area (Å²) < 4.78 is 0. The molecule has 2 amide bonds. The van der Waals surface area contributed by atoms with Gasteiger partial charge in [0.2, 0.25) is 11.8 Å². The number of likely N-dealkylation sites (tertiary alicyclic amines) is 1. The van der Waals surface area contributed by atoms with E-state index in [4.69, 9.17) is 0 Å². The molecule has 2 aliphatic carbocycles. The summed E-state index contributed by atoms with van der Waals surface area (Å²) in [5.41, 5.74) is 1.43. The fourth-order valence-corrected chi connectivity index (χ4v) is 5.31. The molecule has 5 nitrogen and oxygen atoms in total. The molecule has 1 aliphatic heterocycles. The Morgan fingerprint density at radius 1 is 1.08 bits per heavy atom. The monoisotopic (exact) mass is 341 g/mol. The van der Waals surface area contributed by atoms with Crippen LogP contribution in [0.15, 0.2) is 24.3 Å². The van der Waals surface area contributed by atoms with Crippen LogP contribution in [0, 0.1) is 23.7 Å². The first kappa shape index (κ1) is 16.6. The lowest BCUT2D eigenvalue weighted by Crippen LogP contribution is -2.27. The fraction of sp³-hybridized carbons (Fsp3) is 0.600. The topological polar surface area (TPSA) is 61.4 Å². The predicted molar refractivity (Wildman–Crippen MR) is 98.2 cm³/mol. The Labute approximate surface area is 149 Å². The first-order chi connectivity index (χ1) is 12.1. The van der Waals surface area contributed by atoms with Crippen LogP contribution >= 0.6 is 0 Å². The SMILES string of the molecule is CC(=O)Nc1cccc(NC(=O)CCN2CC3C4CCC(C4)C3C2)c1. The van der Waals surface area contributed by atoms with Crippen LogP contribution < -0.4 is 10.6 Å². The van der Waals surface area contributed by atoms with Gasteiger partial charge in [0.25, 0.3) is 0 Å². The van der Waals surface area contributed by atoms with Gasteiger partial charge in [-0.15, -0.1) is 0 Å². The summed E-state index contributed by atoms with van der Waals surface area (Å²) in [7, 11) is 0. The van der Waals surface area contributed by atoms with E-state index in [0.29, 0.717) is 12.1 Å². The molecule has 0 spiro atoms. The second-order valence-electron chi connectivity index (χ2n) is 7.98. The number of amides is 2. The molecule has 4 atom stereocenters. The maximum Gasteiger partial charge on any atom is 0.225 e. The number of carbonyl (C=O) groups excluding carboxylic acids is 2. The van der Waals surface area contributed by atoms with E-state index in [1.165, 1.54) is 39.3 Å². The molecule has 5 heteroatoms. The summed E-state index contributed by atoms with van der Waals surface area (Å²) in [4.78, 5) is 25.9. The molecule has 1 aromatic carbocycles. The average molecular weight is 341 g/mol. The minimum atomic E-state index is -0.114. The smallest absolute Gasteiger partial charge is 0.225 e. The molecule has 2 saturated carbocycles. The lowest BCUT2D eigenvalue weighted by Gasteiger charge is -2.22.